The molecule has 110 valence electrons. The van der Waals surface area contributed by atoms with Crippen molar-refractivity contribution < 1.29 is 18.3 Å². The highest BCUT2D eigenvalue weighted by atomic mass is 32.2. The zero-order chi connectivity index (χ0) is 14.3. The number of carboxylic acid groups (broad SMARTS) is 1. The number of aliphatic carboxylic acids is 1. The highest BCUT2D eigenvalue weighted by molar-refractivity contribution is 7.91. The first-order valence-corrected chi connectivity index (χ1v) is 8.72. The molecule has 1 aromatic rings. The number of rotatable bonds is 2. The summed E-state index contributed by atoms with van der Waals surface area (Å²) in [6.45, 7) is 0. The molecular weight excluding hydrogens is 280 g/mol. The van der Waals surface area contributed by atoms with Crippen molar-refractivity contribution >= 4 is 15.8 Å². The molecule has 0 radical (unpaired) electrons. The standard InChI is InChI=1S/C13H18N2O4S/c16-13(17)10-4-3-6-12-14-9(8-15(10)12)11-5-1-2-7-20(11,18)19/h8,10-11H,1-7H2,(H,16,17). The molecule has 6 nitrogen and oxygen atoms in total. The van der Waals surface area contributed by atoms with Crippen LogP contribution in [0, 0.1) is 0 Å². The number of hydrogen-bond donors (Lipinski definition) is 1. The lowest BCUT2D eigenvalue weighted by molar-refractivity contribution is -0.141. The molecular formula is C13H18N2O4S. The predicted molar refractivity (Wildman–Crippen MR) is 72.2 cm³/mol. The zero-order valence-electron chi connectivity index (χ0n) is 11.2. The summed E-state index contributed by atoms with van der Waals surface area (Å²) in [4.78, 5) is 15.7. The average Bonchev–Trinajstić information content (AvgIpc) is 2.80. The van der Waals surface area contributed by atoms with Crippen LogP contribution < -0.4 is 0 Å². The summed E-state index contributed by atoms with van der Waals surface area (Å²) in [6.07, 6.45) is 5.92. The molecule has 0 bridgehead atoms. The van der Waals surface area contributed by atoms with Crippen molar-refractivity contribution in [3.05, 3.63) is 17.7 Å². The Bertz CT molecular complexity index is 635. The Kier molecular flexibility index (Phi) is 3.32. The van der Waals surface area contributed by atoms with E-state index in [1.165, 1.54) is 0 Å². The second-order valence-corrected chi connectivity index (χ2v) is 7.89. The third-order valence-corrected chi connectivity index (χ3v) is 6.44. The Morgan fingerprint density at radius 2 is 2.10 bits per heavy atom. The fourth-order valence-electron chi connectivity index (χ4n) is 3.18. The molecule has 1 fully saturated rings. The van der Waals surface area contributed by atoms with Crippen molar-refractivity contribution in [3.8, 4) is 0 Å². The topological polar surface area (TPSA) is 89.3 Å². The molecule has 1 saturated heterocycles. The number of nitrogens with zero attached hydrogens (tertiary/aromatic N) is 2. The molecule has 1 N–H and O–H groups in total. The van der Waals surface area contributed by atoms with Crippen LogP contribution in [0.4, 0.5) is 0 Å². The fraction of sp³-hybridized carbons (Fsp3) is 0.692. The number of fused-ring (bicyclic) bond motifs is 1. The molecule has 2 atom stereocenters. The maximum atomic E-state index is 12.1. The van der Waals surface area contributed by atoms with Gasteiger partial charge in [-0.2, -0.15) is 0 Å². The van der Waals surface area contributed by atoms with Gasteiger partial charge in [0.25, 0.3) is 0 Å². The SMILES string of the molecule is O=C(O)C1CCCc2nc(C3CCCCS3(=O)=O)cn21. The number of carboxylic acids is 1. The van der Waals surface area contributed by atoms with E-state index < -0.39 is 27.1 Å². The molecule has 0 aromatic carbocycles. The van der Waals surface area contributed by atoms with Crippen molar-refractivity contribution in [1.29, 1.82) is 0 Å². The Morgan fingerprint density at radius 1 is 1.30 bits per heavy atom. The van der Waals surface area contributed by atoms with Crippen LogP contribution in [0.5, 0.6) is 0 Å². The molecule has 0 aliphatic carbocycles. The van der Waals surface area contributed by atoms with Crippen LogP contribution in [0.15, 0.2) is 6.20 Å². The zero-order valence-corrected chi connectivity index (χ0v) is 12.0. The minimum absolute atomic E-state index is 0.211. The third kappa shape index (κ3) is 2.24. The smallest absolute Gasteiger partial charge is 0.326 e. The second kappa shape index (κ2) is 4.87. The van der Waals surface area contributed by atoms with Gasteiger partial charge in [0.2, 0.25) is 0 Å². The van der Waals surface area contributed by atoms with E-state index in [0.29, 0.717) is 30.8 Å². The molecule has 3 heterocycles. The molecule has 20 heavy (non-hydrogen) atoms. The summed E-state index contributed by atoms with van der Waals surface area (Å²) in [5.74, 6) is 0.0446. The van der Waals surface area contributed by atoms with Crippen LogP contribution in [0.25, 0.3) is 0 Å². The van der Waals surface area contributed by atoms with Gasteiger partial charge in [0.05, 0.1) is 11.4 Å². The molecule has 0 amide bonds. The molecule has 2 aliphatic heterocycles. The summed E-state index contributed by atoms with van der Waals surface area (Å²) in [5.41, 5.74) is 0.535. The minimum atomic E-state index is -3.14. The first kappa shape index (κ1) is 13.6. The molecule has 7 heteroatoms. The van der Waals surface area contributed by atoms with Crippen LogP contribution >= 0.6 is 0 Å². The summed E-state index contributed by atoms with van der Waals surface area (Å²) >= 11 is 0. The van der Waals surface area contributed by atoms with E-state index in [0.717, 1.165) is 19.3 Å². The van der Waals surface area contributed by atoms with Crippen LogP contribution in [0.3, 0.4) is 0 Å². The van der Waals surface area contributed by atoms with E-state index >= 15 is 0 Å². The van der Waals surface area contributed by atoms with E-state index in [2.05, 4.69) is 4.98 Å². The third-order valence-electron chi connectivity index (χ3n) is 4.23. The predicted octanol–water partition coefficient (Wildman–Crippen LogP) is 1.48. The van der Waals surface area contributed by atoms with Crippen molar-refractivity contribution in [3.63, 3.8) is 0 Å². The quantitative estimate of drug-likeness (QED) is 0.893. The molecule has 2 unspecified atom stereocenters. The Hall–Kier alpha value is -1.37. The van der Waals surface area contributed by atoms with Gasteiger partial charge in [-0.3, -0.25) is 0 Å². The molecule has 0 saturated carbocycles. The molecule has 1 aromatic heterocycles. The minimum Gasteiger partial charge on any atom is -0.480 e. The van der Waals surface area contributed by atoms with Gasteiger partial charge in [0.1, 0.15) is 17.1 Å². The van der Waals surface area contributed by atoms with E-state index in [1.54, 1.807) is 10.8 Å². The lowest BCUT2D eigenvalue weighted by atomic mass is 10.1. The van der Waals surface area contributed by atoms with Gasteiger partial charge < -0.3 is 9.67 Å². The van der Waals surface area contributed by atoms with Gasteiger partial charge in [-0.1, -0.05) is 6.42 Å². The van der Waals surface area contributed by atoms with E-state index in [-0.39, 0.29) is 5.75 Å². The largest absolute Gasteiger partial charge is 0.480 e. The van der Waals surface area contributed by atoms with Crippen LogP contribution in [-0.4, -0.2) is 34.8 Å². The number of sulfone groups is 1. The van der Waals surface area contributed by atoms with Crippen molar-refractivity contribution in [1.82, 2.24) is 9.55 Å². The normalized spacial score (nSPS) is 28.8. The molecule has 3 rings (SSSR count). The average molecular weight is 298 g/mol. The van der Waals surface area contributed by atoms with Gasteiger partial charge in [-0.25, -0.2) is 18.2 Å². The lowest BCUT2D eigenvalue weighted by Gasteiger charge is -2.21. The van der Waals surface area contributed by atoms with Gasteiger partial charge in [0.15, 0.2) is 9.84 Å². The van der Waals surface area contributed by atoms with Gasteiger partial charge in [-0.15, -0.1) is 0 Å². The van der Waals surface area contributed by atoms with Crippen LogP contribution in [0.1, 0.15) is 54.9 Å². The lowest BCUT2D eigenvalue weighted by Crippen LogP contribution is -2.24. The number of carbonyl (C=O) groups is 1. The van der Waals surface area contributed by atoms with Crippen LogP contribution in [-0.2, 0) is 21.1 Å². The number of hydrogen-bond acceptors (Lipinski definition) is 4. The number of aryl methyl sites for hydroxylation is 1. The maximum absolute atomic E-state index is 12.1. The van der Waals surface area contributed by atoms with E-state index in [1.807, 2.05) is 0 Å². The van der Waals surface area contributed by atoms with Gasteiger partial charge in [0, 0.05) is 12.6 Å². The Labute approximate surface area is 117 Å². The summed E-state index contributed by atoms with van der Waals surface area (Å²) in [7, 11) is -3.14. The van der Waals surface area contributed by atoms with E-state index in [9.17, 15) is 18.3 Å². The second-order valence-electron chi connectivity index (χ2n) is 5.59. The first-order chi connectivity index (χ1) is 9.49. The highest BCUT2D eigenvalue weighted by Gasteiger charge is 2.35. The summed E-state index contributed by atoms with van der Waals surface area (Å²) < 4.78 is 25.9. The van der Waals surface area contributed by atoms with Gasteiger partial charge >= 0.3 is 5.97 Å². The Balaban J connectivity index is 1.99. The highest BCUT2D eigenvalue weighted by Crippen LogP contribution is 2.35. The molecule has 2 aliphatic rings. The maximum Gasteiger partial charge on any atom is 0.326 e. The summed E-state index contributed by atoms with van der Waals surface area (Å²) in [6, 6.07) is -0.605. The van der Waals surface area contributed by atoms with E-state index in [4.69, 9.17) is 0 Å². The monoisotopic (exact) mass is 298 g/mol. The van der Waals surface area contributed by atoms with Crippen molar-refractivity contribution in [2.24, 2.45) is 0 Å². The first-order valence-electron chi connectivity index (χ1n) is 7.01. The summed E-state index contributed by atoms with van der Waals surface area (Å²) in [5, 5.41) is 8.69. The Morgan fingerprint density at radius 3 is 2.80 bits per heavy atom. The molecule has 0 spiro atoms. The van der Waals surface area contributed by atoms with Gasteiger partial charge in [-0.05, 0) is 25.7 Å². The number of imidazole rings is 1. The van der Waals surface area contributed by atoms with Crippen molar-refractivity contribution in [2.75, 3.05) is 5.75 Å². The van der Waals surface area contributed by atoms with Crippen LogP contribution in [0.2, 0.25) is 0 Å². The fourth-order valence-corrected chi connectivity index (χ4v) is 5.08. The van der Waals surface area contributed by atoms with Crippen molar-refractivity contribution in [2.45, 2.75) is 49.8 Å². The number of aromatic nitrogens is 2.